The molecule has 0 spiro atoms. The van der Waals surface area contributed by atoms with Crippen molar-refractivity contribution < 1.29 is 72.9 Å². The van der Waals surface area contributed by atoms with Gasteiger partial charge in [-0.25, -0.2) is 4.79 Å². The number of hydrogen-bond acceptors (Lipinski definition) is 16. The van der Waals surface area contributed by atoms with Crippen molar-refractivity contribution in [1.82, 2.24) is 47.9 Å². The number of benzene rings is 2. The van der Waals surface area contributed by atoms with Gasteiger partial charge in [-0.05, 0) is 79.2 Å². The molecule has 0 fully saturated rings. The number of thiol groups is 1. The van der Waals surface area contributed by atoms with Crippen LogP contribution in [-0.4, -0.2) is 165 Å². The molecule has 0 bridgehead atoms. The molecule has 10 amide bonds. The second kappa shape index (κ2) is 37.0. The monoisotopic (exact) mass is 1220 g/mol. The van der Waals surface area contributed by atoms with E-state index in [2.05, 4.69) is 60.5 Å². The zero-order chi connectivity index (χ0) is 63.4. The number of carbonyl (C=O) groups excluding carboxylic acids is 10. The number of amides is 10. The fourth-order valence-corrected chi connectivity index (χ4v) is 9.03. The average molecular weight is 1220 g/mol. The van der Waals surface area contributed by atoms with E-state index in [-0.39, 0.29) is 36.7 Å². The van der Waals surface area contributed by atoms with Crippen molar-refractivity contribution in [2.24, 2.45) is 29.2 Å². The highest BCUT2D eigenvalue weighted by atomic mass is 32.2. The highest BCUT2D eigenvalue weighted by molar-refractivity contribution is 7.98. The number of aliphatic carboxylic acids is 2. The molecule has 0 saturated carbocycles. The van der Waals surface area contributed by atoms with Crippen LogP contribution in [0.5, 0.6) is 5.75 Å². The van der Waals surface area contributed by atoms with E-state index in [1.54, 1.807) is 84.0 Å². The predicted molar refractivity (Wildman–Crippen MR) is 317 cm³/mol. The van der Waals surface area contributed by atoms with Gasteiger partial charge in [-0.15, -0.1) is 0 Å². The summed E-state index contributed by atoms with van der Waals surface area (Å²) in [5.41, 5.74) is 12.6. The normalized spacial score (nSPS) is 15.4. The lowest BCUT2D eigenvalue weighted by atomic mass is 9.96. The van der Waals surface area contributed by atoms with E-state index in [4.69, 9.17) is 11.5 Å². The van der Waals surface area contributed by atoms with Gasteiger partial charge in [0.25, 0.3) is 0 Å². The molecule has 84 heavy (non-hydrogen) atoms. The Bertz CT molecular complexity index is 2560. The molecule has 0 unspecified atom stereocenters. The smallest absolute Gasteiger partial charge is 0.326 e. The lowest BCUT2D eigenvalue weighted by Crippen LogP contribution is -2.62. The quantitative estimate of drug-likeness (QED) is 0.0378. The van der Waals surface area contributed by atoms with Gasteiger partial charge in [-0.2, -0.15) is 24.4 Å². The molecule has 26 nitrogen and oxygen atoms in total. The summed E-state index contributed by atoms with van der Waals surface area (Å²) in [6, 6.07) is 0.408. The fraction of sp³-hybridized carbons (Fsp3) is 0.571. The van der Waals surface area contributed by atoms with Crippen LogP contribution in [0, 0.1) is 17.8 Å². The van der Waals surface area contributed by atoms with Gasteiger partial charge in [-0.3, -0.25) is 52.7 Å². The Morgan fingerprint density at radius 3 is 1.51 bits per heavy atom. The number of rotatable bonds is 38. The number of hydrogen-bond donors (Lipinski definition) is 15. The minimum atomic E-state index is -1.78. The first-order chi connectivity index (χ1) is 39.5. The molecule has 2 aromatic carbocycles. The molecule has 0 aliphatic carbocycles. The Hall–Kier alpha value is -7.46. The zero-order valence-electron chi connectivity index (χ0n) is 48.7. The van der Waals surface area contributed by atoms with Crippen molar-refractivity contribution in [3.63, 3.8) is 0 Å². The Morgan fingerprint density at radius 1 is 0.536 bits per heavy atom. The van der Waals surface area contributed by atoms with Crippen molar-refractivity contribution in [3.8, 4) is 5.75 Å². The SMILES string of the molecule is CC[C@H](C)[C@H](NC(=O)[C@H](C)NC(=O)[C@@H](NC(=O)[C@H](Cc1ccc(O)cc1)NC(=O)[C@@H](N)CCSC)[C@@H](C)CC)C(=O)N[C@@H](CS)C(=O)N[C@@H](CC(C)C)C(=O)N[C@@H](CCC(=O)O)C(=O)N[C@@H](CC(N)=O)C(=O)N[C@@H](Cc1ccccc1)C(=O)O. The molecule has 0 radical (unpaired) electrons. The van der Waals surface area contributed by atoms with Gasteiger partial charge in [0, 0.05) is 25.0 Å². The minimum Gasteiger partial charge on any atom is -0.508 e. The standard InChI is InChI=1S/C56H85N11O15S2/c1-9-30(5)45(67-52(77)39(25-34-16-18-35(68)19-17-34)61-48(73)36(57)22-23-84-8)54(79)59-32(7)47(72)66-46(31(6)10-2)55(80)65-42(28-83)53(78)62-38(24-29(3)4)50(75)60-37(20-21-44(70)71)49(74)63-40(27-43(58)69)51(76)64-41(56(81)82)26-33-14-12-11-13-15-33/h11-19,29-32,36-42,45-46,68,83H,9-10,20-28,57H2,1-8H3,(H2,58,69)(H,59,79)(H,60,75)(H,61,73)(H,62,78)(H,63,74)(H,64,76)(H,65,80)(H,66,72)(H,67,77)(H,70,71)(H,81,82)/t30-,31-,32-,36-,37-,38-,39-,40-,41-,42-,45-,46-/m0/s1. The van der Waals surface area contributed by atoms with Gasteiger partial charge < -0.3 is 74.6 Å². The van der Waals surface area contributed by atoms with Crippen LogP contribution in [0.4, 0.5) is 0 Å². The first-order valence-corrected chi connectivity index (χ1v) is 29.7. The number of carboxylic acid groups (broad SMARTS) is 2. The summed E-state index contributed by atoms with van der Waals surface area (Å²) >= 11 is 5.77. The van der Waals surface area contributed by atoms with Gasteiger partial charge in [0.15, 0.2) is 0 Å². The summed E-state index contributed by atoms with van der Waals surface area (Å²) < 4.78 is 0. The summed E-state index contributed by atoms with van der Waals surface area (Å²) in [7, 11) is 0. The maximum Gasteiger partial charge on any atom is 0.326 e. The Morgan fingerprint density at radius 2 is 0.988 bits per heavy atom. The van der Waals surface area contributed by atoms with Crippen LogP contribution in [0.15, 0.2) is 54.6 Å². The largest absolute Gasteiger partial charge is 0.508 e. The fourth-order valence-electron chi connectivity index (χ4n) is 8.28. The van der Waals surface area contributed by atoms with Crippen molar-refractivity contribution in [1.29, 1.82) is 0 Å². The van der Waals surface area contributed by atoms with Crippen LogP contribution in [0.1, 0.15) is 105 Å². The number of phenolic OH excluding ortho intramolecular Hbond substituents is 1. The van der Waals surface area contributed by atoms with Gasteiger partial charge in [0.05, 0.1) is 12.5 Å². The highest BCUT2D eigenvalue weighted by Crippen LogP contribution is 2.16. The van der Waals surface area contributed by atoms with Crippen LogP contribution < -0.4 is 59.3 Å². The predicted octanol–water partition coefficient (Wildman–Crippen LogP) is -0.466. The summed E-state index contributed by atoms with van der Waals surface area (Å²) in [6.45, 7) is 11.7. The zero-order valence-corrected chi connectivity index (χ0v) is 50.4. The van der Waals surface area contributed by atoms with Crippen LogP contribution in [-0.2, 0) is 70.4 Å². The molecular formula is C56H85N11O15S2. The summed E-state index contributed by atoms with van der Waals surface area (Å²) in [5.74, 6) is -12.9. The Labute approximate surface area is 499 Å². The molecule has 12 atom stereocenters. The number of thioether (sulfide) groups is 1. The topological polar surface area (TPSA) is 426 Å². The van der Waals surface area contributed by atoms with Gasteiger partial charge in [0.1, 0.15) is 60.1 Å². The van der Waals surface area contributed by atoms with Crippen LogP contribution >= 0.6 is 24.4 Å². The third-order valence-electron chi connectivity index (χ3n) is 13.7. The summed E-state index contributed by atoms with van der Waals surface area (Å²) in [4.78, 5) is 160. The second-order valence-electron chi connectivity index (χ2n) is 21.0. The molecule has 0 aliphatic rings. The molecule has 28 heteroatoms. The first-order valence-electron chi connectivity index (χ1n) is 27.7. The van der Waals surface area contributed by atoms with Crippen LogP contribution in [0.2, 0.25) is 0 Å². The van der Waals surface area contributed by atoms with Crippen molar-refractivity contribution in [3.05, 3.63) is 65.7 Å². The molecule has 0 saturated heterocycles. The molecule has 0 aromatic heterocycles. The number of primary amides is 1. The maximum atomic E-state index is 14.1. The van der Waals surface area contributed by atoms with Gasteiger partial charge in [-0.1, -0.05) is 96.8 Å². The number of nitrogens with two attached hydrogens (primary N) is 2. The third kappa shape index (κ3) is 25.6. The number of nitrogens with one attached hydrogen (secondary N) is 9. The molecule has 0 aliphatic heterocycles. The molecule has 2 rings (SSSR count). The lowest BCUT2D eigenvalue weighted by molar-refractivity contribution is -0.142. The molecule has 16 N–H and O–H groups in total. The molecule has 2 aromatic rings. The Balaban J connectivity index is 2.30. The minimum absolute atomic E-state index is 0.0133. The van der Waals surface area contributed by atoms with E-state index in [0.717, 1.165) is 0 Å². The maximum absolute atomic E-state index is 14.1. The Kier molecular flexibility index (Phi) is 32.0. The van der Waals surface area contributed by atoms with Crippen molar-refractivity contribution >= 4 is 95.4 Å². The first kappa shape index (κ1) is 72.6. The van der Waals surface area contributed by atoms with E-state index >= 15 is 0 Å². The lowest BCUT2D eigenvalue weighted by Gasteiger charge is -2.30. The highest BCUT2D eigenvalue weighted by Gasteiger charge is 2.37. The third-order valence-corrected chi connectivity index (χ3v) is 14.7. The molecular weight excluding hydrogens is 1130 g/mol. The molecule has 466 valence electrons. The summed E-state index contributed by atoms with van der Waals surface area (Å²) in [6.07, 6.45) is 0.601. The number of carbonyl (C=O) groups is 12. The number of aromatic hydroxyl groups is 1. The van der Waals surface area contributed by atoms with E-state index in [1.165, 1.54) is 30.8 Å². The van der Waals surface area contributed by atoms with Crippen molar-refractivity contribution in [2.45, 2.75) is 167 Å². The van der Waals surface area contributed by atoms with E-state index < -0.39 is 163 Å². The van der Waals surface area contributed by atoms with E-state index in [1.807, 2.05) is 6.26 Å². The van der Waals surface area contributed by atoms with Gasteiger partial charge >= 0.3 is 11.9 Å². The van der Waals surface area contributed by atoms with Crippen molar-refractivity contribution in [2.75, 3.05) is 17.8 Å². The van der Waals surface area contributed by atoms with Crippen LogP contribution in [0.25, 0.3) is 0 Å². The number of phenols is 1. The summed E-state index contributed by atoms with van der Waals surface area (Å²) in [5, 5.41) is 52.0. The average Bonchev–Trinajstić information content (AvgIpc) is 3.61. The van der Waals surface area contributed by atoms with E-state index in [9.17, 15) is 72.9 Å². The van der Waals surface area contributed by atoms with Gasteiger partial charge in [0.2, 0.25) is 59.1 Å². The number of carboxylic acids is 2. The van der Waals surface area contributed by atoms with E-state index in [0.29, 0.717) is 36.1 Å². The molecule has 0 heterocycles. The van der Waals surface area contributed by atoms with Crippen LogP contribution in [0.3, 0.4) is 0 Å². The second-order valence-corrected chi connectivity index (χ2v) is 22.4.